The molecule has 2 rings (SSSR count). The third kappa shape index (κ3) is 3.85. The van der Waals surface area contributed by atoms with Crippen LogP contribution in [0.3, 0.4) is 0 Å². The van der Waals surface area contributed by atoms with E-state index in [4.69, 9.17) is 5.73 Å². The van der Waals surface area contributed by atoms with Crippen LogP contribution in [0, 0.1) is 11.8 Å². The van der Waals surface area contributed by atoms with E-state index in [0.717, 1.165) is 19.3 Å². The van der Waals surface area contributed by atoms with E-state index in [2.05, 4.69) is 38.1 Å². The second-order valence-electron chi connectivity index (χ2n) is 6.69. The van der Waals surface area contributed by atoms with E-state index in [9.17, 15) is 4.79 Å². The highest BCUT2D eigenvalue weighted by Gasteiger charge is 2.29. The Hall–Kier alpha value is -1.35. The number of benzene rings is 1. The van der Waals surface area contributed by atoms with Gasteiger partial charge in [-0.15, -0.1) is 0 Å². The van der Waals surface area contributed by atoms with E-state index < -0.39 is 0 Å². The van der Waals surface area contributed by atoms with Gasteiger partial charge in [0.15, 0.2) is 0 Å². The van der Waals surface area contributed by atoms with Crippen molar-refractivity contribution in [2.45, 2.75) is 45.6 Å². The molecule has 116 valence electrons. The average Bonchev–Trinajstić information content (AvgIpc) is 2.89. The number of hydrogen-bond donors (Lipinski definition) is 1. The Labute approximate surface area is 128 Å². The second-order valence-corrected chi connectivity index (χ2v) is 6.69. The standard InChI is InChI=1S/C18H28N2O/c1-13(2)10-14(12-19)11-18(21)20(3)17-9-8-15-6-4-5-7-16(15)17/h4-7,13-14,17H,8-12,19H2,1-3H3/t14-,17?/m0/s1. The first-order valence-corrected chi connectivity index (χ1v) is 8.06. The molecule has 0 saturated carbocycles. The molecule has 0 heterocycles. The molecule has 0 fully saturated rings. The van der Waals surface area contributed by atoms with E-state index >= 15 is 0 Å². The van der Waals surface area contributed by atoms with Crippen LogP contribution >= 0.6 is 0 Å². The van der Waals surface area contributed by atoms with Crippen molar-refractivity contribution in [1.29, 1.82) is 0 Å². The lowest BCUT2D eigenvalue weighted by Gasteiger charge is -2.27. The van der Waals surface area contributed by atoms with Gasteiger partial charge < -0.3 is 10.6 Å². The van der Waals surface area contributed by atoms with E-state index in [1.54, 1.807) is 0 Å². The fourth-order valence-corrected chi connectivity index (χ4v) is 3.43. The zero-order valence-electron chi connectivity index (χ0n) is 13.5. The van der Waals surface area contributed by atoms with Gasteiger partial charge in [0.1, 0.15) is 0 Å². The maximum absolute atomic E-state index is 12.6. The maximum Gasteiger partial charge on any atom is 0.223 e. The summed E-state index contributed by atoms with van der Waals surface area (Å²) in [6, 6.07) is 8.72. The number of amides is 1. The Morgan fingerprint density at radius 3 is 2.76 bits per heavy atom. The van der Waals surface area contributed by atoms with Crippen LogP contribution in [-0.4, -0.2) is 24.4 Å². The highest BCUT2D eigenvalue weighted by molar-refractivity contribution is 5.77. The number of aryl methyl sites for hydroxylation is 1. The van der Waals surface area contributed by atoms with Crippen LogP contribution in [0.5, 0.6) is 0 Å². The Kier molecular flexibility index (Phi) is 5.40. The third-order valence-corrected chi connectivity index (χ3v) is 4.56. The summed E-state index contributed by atoms with van der Waals surface area (Å²) in [7, 11) is 1.94. The minimum atomic E-state index is 0.229. The van der Waals surface area contributed by atoms with Crippen LogP contribution in [-0.2, 0) is 11.2 Å². The zero-order chi connectivity index (χ0) is 15.4. The SMILES string of the molecule is CC(C)C[C@H](CN)CC(=O)N(C)C1CCc2ccccc21. The number of nitrogens with two attached hydrogens (primary N) is 1. The molecule has 21 heavy (non-hydrogen) atoms. The summed E-state index contributed by atoms with van der Waals surface area (Å²) in [5.41, 5.74) is 8.54. The number of carbonyl (C=O) groups is 1. The Morgan fingerprint density at radius 1 is 1.38 bits per heavy atom. The first-order chi connectivity index (χ1) is 10.0. The van der Waals surface area contributed by atoms with Crippen LogP contribution in [0.4, 0.5) is 0 Å². The first-order valence-electron chi connectivity index (χ1n) is 8.06. The molecule has 1 amide bonds. The van der Waals surface area contributed by atoms with Crippen molar-refractivity contribution in [1.82, 2.24) is 4.90 Å². The predicted molar refractivity (Wildman–Crippen MR) is 86.9 cm³/mol. The minimum Gasteiger partial charge on any atom is -0.339 e. The summed E-state index contributed by atoms with van der Waals surface area (Å²) in [6.07, 6.45) is 3.71. The van der Waals surface area contributed by atoms with Crippen molar-refractivity contribution in [3.8, 4) is 0 Å². The first kappa shape index (κ1) is 16.0. The molecule has 1 unspecified atom stereocenters. The van der Waals surface area contributed by atoms with Gasteiger partial charge in [0.05, 0.1) is 6.04 Å². The topological polar surface area (TPSA) is 46.3 Å². The van der Waals surface area contributed by atoms with Crippen molar-refractivity contribution in [2.24, 2.45) is 17.6 Å². The van der Waals surface area contributed by atoms with Gasteiger partial charge in [-0.25, -0.2) is 0 Å². The molecular formula is C18H28N2O. The van der Waals surface area contributed by atoms with Gasteiger partial charge in [-0.1, -0.05) is 38.1 Å². The zero-order valence-corrected chi connectivity index (χ0v) is 13.5. The highest BCUT2D eigenvalue weighted by Crippen LogP contribution is 2.35. The minimum absolute atomic E-state index is 0.229. The van der Waals surface area contributed by atoms with Crippen LogP contribution in [0.25, 0.3) is 0 Å². The van der Waals surface area contributed by atoms with Gasteiger partial charge in [0.2, 0.25) is 5.91 Å². The van der Waals surface area contributed by atoms with Crippen molar-refractivity contribution in [3.05, 3.63) is 35.4 Å². The number of fused-ring (bicyclic) bond motifs is 1. The molecule has 2 atom stereocenters. The van der Waals surface area contributed by atoms with Crippen molar-refractivity contribution < 1.29 is 4.79 Å². The van der Waals surface area contributed by atoms with Crippen LogP contribution in [0.1, 0.15) is 50.3 Å². The van der Waals surface area contributed by atoms with Gasteiger partial charge in [0, 0.05) is 13.5 Å². The number of rotatable bonds is 6. The quantitative estimate of drug-likeness (QED) is 0.874. The summed E-state index contributed by atoms with van der Waals surface area (Å²) in [5, 5.41) is 0. The molecule has 2 N–H and O–H groups in total. The van der Waals surface area contributed by atoms with Gasteiger partial charge in [-0.2, -0.15) is 0 Å². The second kappa shape index (κ2) is 7.08. The highest BCUT2D eigenvalue weighted by atomic mass is 16.2. The normalized spacial score (nSPS) is 18.6. The van der Waals surface area contributed by atoms with E-state index in [1.807, 2.05) is 11.9 Å². The lowest BCUT2D eigenvalue weighted by atomic mass is 9.93. The lowest BCUT2D eigenvalue weighted by Crippen LogP contribution is -2.33. The maximum atomic E-state index is 12.6. The van der Waals surface area contributed by atoms with Crippen LogP contribution in [0.2, 0.25) is 0 Å². The third-order valence-electron chi connectivity index (χ3n) is 4.56. The van der Waals surface area contributed by atoms with Crippen LogP contribution in [0.15, 0.2) is 24.3 Å². The molecule has 0 radical (unpaired) electrons. The Morgan fingerprint density at radius 2 is 2.10 bits per heavy atom. The molecule has 1 aliphatic rings. The smallest absolute Gasteiger partial charge is 0.223 e. The number of hydrogen-bond acceptors (Lipinski definition) is 2. The molecule has 1 aromatic rings. The molecule has 0 bridgehead atoms. The van der Waals surface area contributed by atoms with E-state index in [1.165, 1.54) is 11.1 Å². The summed E-state index contributed by atoms with van der Waals surface area (Å²) in [4.78, 5) is 14.5. The monoisotopic (exact) mass is 288 g/mol. The largest absolute Gasteiger partial charge is 0.339 e. The molecule has 0 aliphatic heterocycles. The van der Waals surface area contributed by atoms with Gasteiger partial charge in [0.25, 0.3) is 0 Å². The van der Waals surface area contributed by atoms with Crippen molar-refractivity contribution in [2.75, 3.05) is 13.6 Å². The van der Waals surface area contributed by atoms with Crippen molar-refractivity contribution >= 4 is 5.91 Å². The Bertz CT molecular complexity index is 484. The Balaban J connectivity index is 2.00. The fourth-order valence-electron chi connectivity index (χ4n) is 3.43. The fraction of sp³-hybridized carbons (Fsp3) is 0.611. The molecule has 0 spiro atoms. The molecule has 3 nitrogen and oxygen atoms in total. The molecule has 0 aromatic heterocycles. The molecular weight excluding hydrogens is 260 g/mol. The van der Waals surface area contributed by atoms with Gasteiger partial charge in [-0.05, 0) is 48.8 Å². The van der Waals surface area contributed by atoms with E-state index in [-0.39, 0.29) is 11.9 Å². The van der Waals surface area contributed by atoms with Crippen molar-refractivity contribution in [3.63, 3.8) is 0 Å². The molecule has 1 aliphatic carbocycles. The van der Waals surface area contributed by atoms with Gasteiger partial charge in [-0.3, -0.25) is 4.79 Å². The number of carbonyl (C=O) groups excluding carboxylic acids is 1. The molecule has 1 aromatic carbocycles. The van der Waals surface area contributed by atoms with Gasteiger partial charge >= 0.3 is 0 Å². The lowest BCUT2D eigenvalue weighted by molar-refractivity contribution is -0.133. The summed E-state index contributed by atoms with van der Waals surface area (Å²) in [6.45, 7) is 4.97. The number of nitrogens with zero attached hydrogens (tertiary/aromatic N) is 1. The summed E-state index contributed by atoms with van der Waals surface area (Å²) < 4.78 is 0. The summed E-state index contributed by atoms with van der Waals surface area (Å²) in [5.74, 6) is 1.12. The van der Waals surface area contributed by atoms with E-state index in [0.29, 0.717) is 24.8 Å². The predicted octanol–water partition coefficient (Wildman–Crippen LogP) is 3.14. The van der Waals surface area contributed by atoms with Crippen LogP contribution < -0.4 is 5.73 Å². The molecule has 3 heteroatoms. The average molecular weight is 288 g/mol. The molecule has 0 saturated heterocycles. The summed E-state index contributed by atoms with van der Waals surface area (Å²) >= 11 is 0.